The van der Waals surface area contributed by atoms with Crippen molar-refractivity contribution in [2.45, 2.75) is 32.4 Å². The van der Waals surface area contributed by atoms with Crippen molar-refractivity contribution in [1.29, 1.82) is 0 Å². The van der Waals surface area contributed by atoms with Crippen molar-refractivity contribution >= 4 is 16.7 Å². The van der Waals surface area contributed by atoms with Crippen LogP contribution in [0.4, 0.5) is 13.2 Å². The molecule has 0 radical (unpaired) electrons. The molecule has 2 rings (SSSR count). The first-order valence-corrected chi connectivity index (χ1v) is 6.16. The number of benzene rings is 1. The van der Waals surface area contributed by atoms with Crippen LogP contribution in [0.5, 0.6) is 0 Å². The number of nitrogens with one attached hydrogen (secondary N) is 1. The first kappa shape index (κ1) is 13.6. The van der Waals surface area contributed by atoms with E-state index in [1.54, 1.807) is 24.3 Å². The van der Waals surface area contributed by atoms with Crippen LogP contribution in [-0.4, -0.2) is 10.8 Å². The van der Waals surface area contributed by atoms with Crippen molar-refractivity contribution in [3.63, 3.8) is 0 Å². The minimum atomic E-state index is -4.55. The molecule has 1 aromatic carbocycles. The van der Waals surface area contributed by atoms with E-state index in [0.717, 1.165) is 6.42 Å². The number of halogens is 3. The maximum atomic E-state index is 13.0. The molecule has 0 aliphatic carbocycles. The van der Waals surface area contributed by atoms with Gasteiger partial charge in [0.25, 0.3) is 0 Å². The molecule has 1 N–H and O–H groups in total. The van der Waals surface area contributed by atoms with Crippen LogP contribution in [0.15, 0.2) is 24.3 Å². The molecule has 0 amide bonds. The zero-order valence-electron chi connectivity index (χ0n) is 10.5. The molecule has 1 aromatic heterocycles. The van der Waals surface area contributed by atoms with E-state index in [1.807, 2.05) is 6.92 Å². The first-order valence-electron chi connectivity index (χ1n) is 6.16. The Hall–Kier alpha value is -1.78. The molecule has 2 aromatic rings. The van der Waals surface area contributed by atoms with Gasteiger partial charge in [-0.15, -0.1) is 0 Å². The lowest BCUT2D eigenvalue weighted by molar-refractivity contribution is -0.140. The Morgan fingerprint density at radius 3 is 2.58 bits per heavy atom. The maximum absolute atomic E-state index is 13.0. The van der Waals surface area contributed by atoms with Gasteiger partial charge in [0.05, 0.1) is 5.56 Å². The Bertz CT molecular complexity index is 598. The summed E-state index contributed by atoms with van der Waals surface area (Å²) in [6.07, 6.45) is -3.04. The zero-order chi connectivity index (χ0) is 14.0. The third kappa shape index (κ3) is 2.64. The van der Waals surface area contributed by atoms with Crippen LogP contribution >= 0.6 is 0 Å². The van der Waals surface area contributed by atoms with Gasteiger partial charge in [-0.05, 0) is 12.5 Å². The maximum Gasteiger partial charge on any atom is 0.431 e. The molecule has 0 saturated carbocycles. The van der Waals surface area contributed by atoms with Gasteiger partial charge in [-0.25, -0.2) is 0 Å². The number of Topliss-reactive ketones (excluding diaryl/α,β-unsaturated/α-hetero) is 1. The second kappa shape index (κ2) is 5.07. The molecule has 0 aliphatic heterocycles. The minimum absolute atomic E-state index is 0.140. The van der Waals surface area contributed by atoms with E-state index in [9.17, 15) is 18.0 Å². The van der Waals surface area contributed by atoms with E-state index in [-0.39, 0.29) is 12.0 Å². The smallest absolute Gasteiger partial charge is 0.350 e. The fourth-order valence-corrected chi connectivity index (χ4v) is 2.11. The highest BCUT2D eigenvalue weighted by atomic mass is 19.4. The van der Waals surface area contributed by atoms with Crippen LogP contribution in [0.3, 0.4) is 0 Å². The lowest BCUT2D eigenvalue weighted by atomic mass is 10.0. The molecule has 102 valence electrons. The molecule has 0 bridgehead atoms. The summed E-state index contributed by atoms with van der Waals surface area (Å²) in [7, 11) is 0. The van der Waals surface area contributed by atoms with Crippen molar-refractivity contribution in [2.24, 2.45) is 0 Å². The van der Waals surface area contributed by atoms with Gasteiger partial charge in [0, 0.05) is 17.3 Å². The molecule has 1 heterocycles. The van der Waals surface area contributed by atoms with E-state index in [0.29, 0.717) is 17.3 Å². The highest BCUT2D eigenvalue weighted by Crippen LogP contribution is 2.36. The summed E-state index contributed by atoms with van der Waals surface area (Å²) < 4.78 is 39.0. The third-order valence-corrected chi connectivity index (χ3v) is 3.03. The predicted molar refractivity (Wildman–Crippen MR) is 67.2 cm³/mol. The number of fused-ring (bicyclic) bond motifs is 1. The van der Waals surface area contributed by atoms with Gasteiger partial charge < -0.3 is 4.98 Å². The van der Waals surface area contributed by atoms with Crippen LogP contribution < -0.4 is 0 Å². The summed E-state index contributed by atoms with van der Waals surface area (Å²) in [5.41, 5.74) is -0.818. The number of para-hydroxylation sites is 1. The van der Waals surface area contributed by atoms with Crippen molar-refractivity contribution in [1.82, 2.24) is 4.98 Å². The van der Waals surface area contributed by atoms with Crippen molar-refractivity contribution in [3.8, 4) is 0 Å². The quantitative estimate of drug-likeness (QED) is 0.811. The zero-order valence-corrected chi connectivity index (χ0v) is 10.5. The van der Waals surface area contributed by atoms with Gasteiger partial charge in [-0.3, -0.25) is 4.79 Å². The van der Waals surface area contributed by atoms with Crippen molar-refractivity contribution in [3.05, 3.63) is 35.5 Å². The van der Waals surface area contributed by atoms with Gasteiger partial charge in [-0.2, -0.15) is 13.2 Å². The molecule has 0 saturated heterocycles. The molecule has 19 heavy (non-hydrogen) atoms. The number of hydrogen-bond donors (Lipinski definition) is 1. The molecule has 0 spiro atoms. The minimum Gasteiger partial charge on any atom is -0.350 e. The lowest BCUT2D eigenvalue weighted by Crippen LogP contribution is -2.12. The second-order valence-corrected chi connectivity index (χ2v) is 4.45. The normalized spacial score (nSPS) is 12.0. The Labute approximate surface area is 108 Å². The number of hydrogen-bond acceptors (Lipinski definition) is 1. The van der Waals surface area contributed by atoms with E-state index in [2.05, 4.69) is 4.98 Å². The lowest BCUT2D eigenvalue weighted by Gasteiger charge is -2.07. The summed E-state index contributed by atoms with van der Waals surface area (Å²) in [6.45, 7) is 1.90. The van der Waals surface area contributed by atoms with Crippen LogP contribution in [0.25, 0.3) is 10.9 Å². The number of ketones is 1. The van der Waals surface area contributed by atoms with Crippen molar-refractivity contribution < 1.29 is 18.0 Å². The van der Waals surface area contributed by atoms with Gasteiger partial charge in [-0.1, -0.05) is 31.5 Å². The molecular formula is C14H14F3NO. The number of unbranched alkanes of at least 4 members (excludes halogenated alkanes) is 1. The van der Waals surface area contributed by atoms with Crippen LogP contribution in [-0.2, 0) is 6.18 Å². The predicted octanol–water partition coefficient (Wildman–Crippen LogP) is 4.56. The monoisotopic (exact) mass is 269 g/mol. The van der Waals surface area contributed by atoms with Gasteiger partial charge in [0.2, 0.25) is 0 Å². The summed E-state index contributed by atoms with van der Waals surface area (Å²) in [6, 6.07) is 6.35. The standard InChI is InChI=1S/C14H14F3NO/c1-2-3-8-11(19)12-9-6-4-5-7-10(9)18-13(12)14(15,16)17/h4-7,18H,2-3,8H2,1H3. The molecule has 0 aliphatic rings. The van der Waals surface area contributed by atoms with Gasteiger partial charge in [0.1, 0.15) is 5.69 Å². The second-order valence-electron chi connectivity index (χ2n) is 4.45. The summed E-state index contributed by atoms with van der Waals surface area (Å²) in [5.74, 6) is -0.452. The highest BCUT2D eigenvalue weighted by molar-refractivity contribution is 6.09. The molecule has 0 unspecified atom stereocenters. The SMILES string of the molecule is CCCCC(=O)c1c(C(F)(F)F)[nH]c2ccccc12. The van der Waals surface area contributed by atoms with E-state index in [1.165, 1.54) is 0 Å². The van der Waals surface area contributed by atoms with E-state index in [4.69, 9.17) is 0 Å². The molecule has 2 nitrogen and oxygen atoms in total. The summed E-state index contributed by atoms with van der Waals surface area (Å²) in [4.78, 5) is 14.3. The number of aromatic nitrogens is 1. The fraction of sp³-hybridized carbons (Fsp3) is 0.357. The average molecular weight is 269 g/mol. The van der Waals surface area contributed by atoms with Crippen LogP contribution in [0.1, 0.15) is 42.2 Å². The van der Waals surface area contributed by atoms with Crippen LogP contribution in [0, 0.1) is 0 Å². The average Bonchev–Trinajstić information content (AvgIpc) is 2.75. The molecule has 0 fully saturated rings. The van der Waals surface area contributed by atoms with E-state index >= 15 is 0 Å². The Morgan fingerprint density at radius 1 is 1.26 bits per heavy atom. The third-order valence-electron chi connectivity index (χ3n) is 3.03. The van der Waals surface area contributed by atoms with Crippen LogP contribution in [0.2, 0.25) is 0 Å². The topological polar surface area (TPSA) is 32.9 Å². The number of alkyl halides is 3. The summed E-state index contributed by atoms with van der Waals surface area (Å²) in [5, 5.41) is 0.343. The molecule has 0 atom stereocenters. The number of carbonyl (C=O) groups is 1. The Morgan fingerprint density at radius 2 is 1.95 bits per heavy atom. The first-order chi connectivity index (χ1) is 8.95. The van der Waals surface area contributed by atoms with Gasteiger partial charge in [0.15, 0.2) is 5.78 Å². The number of carbonyl (C=O) groups excluding carboxylic acids is 1. The number of aromatic amines is 1. The largest absolute Gasteiger partial charge is 0.431 e. The number of H-pyrrole nitrogens is 1. The summed E-state index contributed by atoms with van der Waals surface area (Å²) >= 11 is 0. The molecule has 5 heteroatoms. The molecular weight excluding hydrogens is 255 g/mol. The van der Waals surface area contributed by atoms with E-state index < -0.39 is 17.7 Å². The van der Waals surface area contributed by atoms with Gasteiger partial charge >= 0.3 is 6.18 Å². The Kier molecular flexibility index (Phi) is 3.64. The van der Waals surface area contributed by atoms with Crippen molar-refractivity contribution in [2.75, 3.05) is 0 Å². The number of rotatable bonds is 4. The fourth-order valence-electron chi connectivity index (χ4n) is 2.11. The Balaban J connectivity index is 2.58. The highest BCUT2D eigenvalue weighted by Gasteiger charge is 2.38.